The number of rotatable bonds is 2. The monoisotopic (exact) mass is 294 g/mol. The van der Waals surface area contributed by atoms with Crippen molar-refractivity contribution in [3.8, 4) is 11.5 Å². The van der Waals surface area contributed by atoms with Gasteiger partial charge in [0.15, 0.2) is 0 Å². The number of hydrogen-bond acceptors (Lipinski definition) is 3. The Labute approximate surface area is 128 Å². The van der Waals surface area contributed by atoms with Crippen LogP contribution in [0, 0.1) is 0 Å². The average molecular weight is 294 g/mol. The molecular weight excluding hydrogens is 276 g/mol. The zero-order chi connectivity index (χ0) is 15.1. The minimum absolute atomic E-state index is 0.0108. The number of aromatic hydroxyl groups is 1. The summed E-state index contributed by atoms with van der Waals surface area (Å²) in [5, 5.41) is 14.9. The zero-order valence-corrected chi connectivity index (χ0v) is 12.4. The normalized spacial score (nSPS) is 17.4. The van der Waals surface area contributed by atoms with Gasteiger partial charge in [-0.15, -0.1) is 0 Å². The molecule has 2 aromatic carbocycles. The van der Waals surface area contributed by atoms with Gasteiger partial charge in [0.05, 0.1) is 13.2 Å². The molecular formula is C18H18N2O2. The van der Waals surface area contributed by atoms with Crippen LogP contribution in [0.5, 0.6) is 11.5 Å². The van der Waals surface area contributed by atoms with Crippen molar-refractivity contribution in [2.45, 2.75) is 12.5 Å². The van der Waals surface area contributed by atoms with Crippen LogP contribution >= 0.6 is 0 Å². The highest BCUT2D eigenvalue weighted by Gasteiger charge is 2.26. The fourth-order valence-corrected chi connectivity index (χ4v) is 3.33. The Bertz CT molecular complexity index is 838. The quantitative estimate of drug-likeness (QED) is 0.680. The Hall–Kier alpha value is -2.46. The van der Waals surface area contributed by atoms with Crippen molar-refractivity contribution in [2.24, 2.45) is 0 Å². The number of H-pyrrole nitrogens is 1. The number of ether oxygens (including phenoxy) is 1. The molecule has 0 aliphatic carbocycles. The lowest BCUT2D eigenvalue weighted by atomic mass is 9.94. The van der Waals surface area contributed by atoms with E-state index in [1.54, 1.807) is 13.2 Å². The summed E-state index contributed by atoms with van der Waals surface area (Å²) in [5.41, 5.74) is 4.45. The highest BCUT2D eigenvalue weighted by Crippen LogP contribution is 2.37. The van der Waals surface area contributed by atoms with Crippen LogP contribution < -0.4 is 10.1 Å². The molecule has 3 aromatic rings. The first-order valence-electron chi connectivity index (χ1n) is 7.47. The number of para-hydroxylation sites is 1. The molecule has 0 spiro atoms. The SMILES string of the molecule is COc1ccc2[nH]c3c(c2c1)CCN[C@H]3c1ccccc1O. The van der Waals surface area contributed by atoms with Gasteiger partial charge in [-0.3, -0.25) is 0 Å². The maximum absolute atomic E-state index is 10.2. The van der Waals surface area contributed by atoms with Crippen molar-refractivity contribution in [1.82, 2.24) is 10.3 Å². The fraction of sp³-hybridized carbons (Fsp3) is 0.222. The molecule has 1 atom stereocenters. The predicted molar refractivity (Wildman–Crippen MR) is 86.5 cm³/mol. The van der Waals surface area contributed by atoms with E-state index < -0.39 is 0 Å². The Morgan fingerprint density at radius 2 is 2.05 bits per heavy atom. The van der Waals surface area contributed by atoms with E-state index in [0.717, 1.165) is 35.5 Å². The molecule has 1 aromatic heterocycles. The van der Waals surface area contributed by atoms with E-state index >= 15 is 0 Å². The lowest BCUT2D eigenvalue weighted by molar-refractivity contribution is 0.415. The first-order chi connectivity index (χ1) is 10.8. The van der Waals surface area contributed by atoms with Gasteiger partial charge in [-0.05, 0) is 36.2 Å². The number of aromatic amines is 1. The number of nitrogens with one attached hydrogen (secondary N) is 2. The number of phenolic OH excluding ortho intramolecular Hbond substituents is 1. The topological polar surface area (TPSA) is 57.3 Å². The van der Waals surface area contributed by atoms with E-state index in [1.807, 2.05) is 30.3 Å². The standard InChI is InChI=1S/C18H18N2O2/c1-22-11-6-7-15-14(10-11)12-8-9-19-17(18(12)20-15)13-4-2-3-5-16(13)21/h2-7,10,17,19-21H,8-9H2,1H3/t17-/m0/s1. The Balaban J connectivity index is 1.90. The molecule has 3 N–H and O–H groups in total. The van der Waals surface area contributed by atoms with Crippen LogP contribution in [0.1, 0.15) is 22.9 Å². The van der Waals surface area contributed by atoms with Crippen molar-refractivity contribution in [3.05, 3.63) is 59.3 Å². The summed E-state index contributed by atoms with van der Waals surface area (Å²) < 4.78 is 5.34. The van der Waals surface area contributed by atoms with Gasteiger partial charge < -0.3 is 20.1 Å². The second kappa shape index (κ2) is 5.07. The molecule has 0 radical (unpaired) electrons. The van der Waals surface area contributed by atoms with E-state index in [9.17, 15) is 5.11 Å². The van der Waals surface area contributed by atoms with Gasteiger partial charge >= 0.3 is 0 Å². The number of aromatic nitrogens is 1. The number of methoxy groups -OCH3 is 1. The summed E-state index contributed by atoms with van der Waals surface area (Å²) >= 11 is 0. The number of hydrogen-bond donors (Lipinski definition) is 3. The largest absolute Gasteiger partial charge is 0.508 e. The Kier molecular flexibility index (Phi) is 3.05. The minimum Gasteiger partial charge on any atom is -0.508 e. The van der Waals surface area contributed by atoms with Crippen molar-refractivity contribution < 1.29 is 9.84 Å². The van der Waals surface area contributed by atoms with Gasteiger partial charge in [0, 0.05) is 28.7 Å². The van der Waals surface area contributed by atoms with Crippen LogP contribution in [-0.4, -0.2) is 23.7 Å². The van der Waals surface area contributed by atoms with Gasteiger partial charge in [-0.25, -0.2) is 0 Å². The van der Waals surface area contributed by atoms with Crippen LogP contribution in [0.3, 0.4) is 0 Å². The van der Waals surface area contributed by atoms with E-state index in [2.05, 4.69) is 16.4 Å². The van der Waals surface area contributed by atoms with Crippen LogP contribution in [0.2, 0.25) is 0 Å². The summed E-state index contributed by atoms with van der Waals surface area (Å²) in [5.74, 6) is 1.19. The first kappa shape index (κ1) is 13.2. The lowest BCUT2D eigenvalue weighted by Gasteiger charge is -2.25. The van der Waals surface area contributed by atoms with E-state index in [4.69, 9.17) is 4.74 Å². The average Bonchev–Trinajstić information content (AvgIpc) is 2.93. The second-order valence-electron chi connectivity index (χ2n) is 5.62. The third kappa shape index (κ3) is 1.96. The van der Waals surface area contributed by atoms with Gasteiger partial charge in [-0.1, -0.05) is 18.2 Å². The van der Waals surface area contributed by atoms with E-state index in [-0.39, 0.29) is 6.04 Å². The summed E-state index contributed by atoms with van der Waals surface area (Å²) in [6.07, 6.45) is 0.965. The van der Waals surface area contributed by atoms with Gasteiger partial charge in [-0.2, -0.15) is 0 Å². The van der Waals surface area contributed by atoms with E-state index in [1.165, 1.54) is 10.9 Å². The van der Waals surface area contributed by atoms with Crippen LogP contribution in [0.4, 0.5) is 0 Å². The van der Waals surface area contributed by atoms with Crippen LogP contribution in [0.25, 0.3) is 10.9 Å². The smallest absolute Gasteiger partial charge is 0.120 e. The Morgan fingerprint density at radius 1 is 1.18 bits per heavy atom. The van der Waals surface area contributed by atoms with Crippen molar-refractivity contribution >= 4 is 10.9 Å². The molecule has 0 bridgehead atoms. The highest BCUT2D eigenvalue weighted by molar-refractivity contribution is 5.86. The molecule has 1 aliphatic heterocycles. The molecule has 112 valence electrons. The lowest BCUT2D eigenvalue weighted by Crippen LogP contribution is -2.30. The maximum atomic E-state index is 10.2. The Morgan fingerprint density at radius 3 is 2.86 bits per heavy atom. The third-order valence-corrected chi connectivity index (χ3v) is 4.41. The number of phenols is 1. The van der Waals surface area contributed by atoms with Crippen molar-refractivity contribution in [2.75, 3.05) is 13.7 Å². The zero-order valence-electron chi connectivity index (χ0n) is 12.4. The van der Waals surface area contributed by atoms with Crippen LogP contribution in [0.15, 0.2) is 42.5 Å². The molecule has 0 amide bonds. The summed E-state index contributed by atoms with van der Waals surface area (Å²) in [6.45, 7) is 0.885. The summed E-state index contributed by atoms with van der Waals surface area (Å²) in [4.78, 5) is 3.51. The predicted octanol–water partition coefficient (Wildman–Crippen LogP) is 3.12. The highest BCUT2D eigenvalue weighted by atomic mass is 16.5. The molecule has 0 saturated carbocycles. The second-order valence-corrected chi connectivity index (χ2v) is 5.62. The molecule has 2 heterocycles. The molecule has 0 fully saturated rings. The summed E-state index contributed by atoms with van der Waals surface area (Å²) in [6, 6.07) is 13.6. The maximum Gasteiger partial charge on any atom is 0.120 e. The van der Waals surface area contributed by atoms with Crippen molar-refractivity contribution in [3.63, 3.8) is 0 Å². The van der Waals surface area contributed by atoms with Gasteiger partial charge in [0.2, 0.25) is 0 Å². The first-order valence-corrected chi connectivity index (χ1v) is 7.47. The van der Waals surface area contributed by atoms with E-state index in [0.29, 0.717) is 5.75 Å². The summed E-state index contributed by atoms with van der Waals surface area (Å²) in [7, 11) is 1.69. The minimum atomic E-state index is -0.0108. The van der Waals surface area contributed by atoms with Crippen molar-refractivity contribution in [1.29, 1.82) is 0 Å². The molecule has 4 heteroatoms. The molecule has 0 saturated heterocycles. The third-order valence-electron chi connectivity index (χ3n) is 4.41. The van der Waals surface area contributed by atoms with Crippen LogP contribution in [-0.2, 0) is 6.42 Å². The fourth-order valence-electron chi connectivity index (χ4n) is 3.33. The number of fused-ring (bicyclic) bond motifs is 3. The van der Waals surface area contributed by atoms with Gasteiger partial charge in [0.1, 0.15) is 11.5 Å². The molecule has 4 nitrogen and oxygen atoms in total. The molecule has 0 unspecified atom stereocenters. The number of benzene rings is 2. The molecule has 4 rings (SSSR count). The molecule has 22 heavy (non-hydrogen) atoms. The van der Waals surface area contributed by atoms with Gasteiger partial charge in [0.25, 0.3) is 0 Å². The molecule has 1 aliphatic rings.